The second-order valence-corrected chi connectivity index (χ2v) is 11.1. The molecule has 1 aromatic carbocycles. The standard InChI is InChI=1S/C34H59N2/c1-3-5-7-9-11-12-13-14-15-16-17-22-28-34-35(29-23-18-10-8-6-4-2)31-32-36(34)30-24-27-33-25-20-19-21-26-33/h19-21,25-26,31-32H,3-18,22-24,27-30H2,1-2H3/q+1. The van der Waals surface area contributed by atoms with Gasteiger partial charge in [-0.15, -0.1) is 0 Å². The largest absolute Gasteiger partial charge is 0.256 e. The third-order valence-corrected chi connectivity index (χ3v) is 7.80. The Kier molecular flexibility index (Phi) is 18.3. The molecule has 0 aliphatic carbocycles. The van der Waals surface area contributed by atoms with Crippen molar-refractivity contribution in [1.29, 1.82) is 0 Å². The number of hydrogen-bond donors (Lipinski definition) is 0. The summed E-state index contributed by atoms with van der Waals surface area (Å²) in [6.45, 7) is 6.95. The Morgan fingerprint density at radius 2 is 1.08 bits per heavy atom. The van der Waals surface area contributed by atoms with Crippen LogP contribution in [0.3, 0.4) is 0 Å². The van der Waals surface area contributed by atoms with E-state index in [1.807, 2.05) is 0 Å². The van der Waals surface area contributed by atoms with E-state index in [-0.39, 0.29) is 0 Å². The van der Waals surface area contributed by atoms with Crippen LogP contribution in [0.2, 0.25) is 0 Å². The number of unbranched alkanes of at least 4 members (excludes halogenated alkanes) is 16. The predicted molar refractivity (Wildman–Crippen MR) is 158 cm³/mol. The molecule has 0 aliphatic rings. The maximum atomic E-state index is 2.58. The van der Waals surface area contributed by atoms with Crippen molar-refractivity contribution in [2.75, 3.05) is 0 Å². The average molecular weight is 496 g/mol. The van der Waals surface area contributed by atoms with Crippen LogP contribution in [0.25, 0.3) is 0 Å². The Balaban J connectivity index is 1.69. The highest BCUT2D eigenvalue weighted by molar-refractivity contribution is 5.14. The van der Waals surface area contributed by atoms with Crippen LogP contribution in [0.1, 0.15) is 147 Å². The predicted octanol–water partition coefficient (Wildman–Crippen LogP) is 10.0. The number of aromatic nitrogens is 2. The van der Waals surface area contributed by atoms with Gasteiger partial charge in [0, 0.05) is 6.42 Å². The van der Waals surface area contributed by atoms with E-state index in [0.29, 0.717) is 0 Å². The summed E-state index contributed by atoms with van der Waals surface area (Å²) in [6.07, 6.45) is 33.7. The Bertz CT molecular complexity index is 733. The van der Waals surface area contributed by atoms with Crippen LogP contribution in [0, 0.1) is 0 Å². The van der Waals surface area contributed by atoms with Gasteiger partial charge in [0.25, 0.3) is 5.82 Å². The summed E-state index contributed by atoms with van der Waals surface area (Å²) in [5.41, 5.74) is 1.46. The molecule has 0 saturated heterocycles. The summed E-state index contributed by atoms with van der Waals surface area (Å²) < 4.78 is 5.15. The molecule has 1 heterocycles. The van der Waals surface area contributed by atoms with Crippen molar-refractivity contribution in [3.05, 3.63) is 54.1 Å². The fourth-order valence-corrected chi connectivity index (χ4v) is 5.48. The van der Waals surface area contributed by atoms with Crippen molar-refractivity contribution in [3.63, 3.8) is 0 Å². The van der Waals surface area contributed by atoms with E-state index >= 15 is 0 Å². The van der Waals surface area contributed by atoms with Crippen LogP contribution in [0.4, 0.5) is 0 Å². The van der Waals surface area contributed by atoms with Gasteiger partial charge in [0.2, 0.25) is 0 Å². The van der Waals surface area contributed by atoms with Gasteiger partial charge in [0.05, 0.1) is 13.1 Å². The van der Waals surface area contributed by atoms with E-state index < -0.39 is 0 Å². The normalized spacial score (nSPS) is 11.4. The van der Waals surface area contributed by atoms with Gasteiger partial charge < -0.3 is 0 Å². The molecular weight excluding hydrogens is 436 g/mol. The molecule has 0 fully saturated rings. The van der Waals surface area contributed by atoms with Gasteiger partial charge in [-0.25, -0.2) is 9.13 Å². The van der Waals surface area contributed by atoms with E-state index in [1.54, 1.807) is 5.82 Å². The first kappa shape index (κ1) is 30.7. The smallest absolute Gasteiger partial charge is 0.234 e. The van der Waals surface area contributed by atoms with Gasteiger partial charge in [0.1, 0.15) is 12.4 Å². The van der Waals surface area contributed by atoms with E-state index in [2.05, 4.69) is 65.7 Å². The lowest BCUT2D eigenvalue weighted by atomic mass is 10.0. The molecular formula is C34H59N2+. The lowest BCUT2D eigenvalue weighted by Crippen LogP contribution is -2.37. The van der Waals surface area contributed by atoms with E-state index in [0.717, 1.165) is 6.54 Å². The van der Waals surface area contributed by atoms with Crippen LogP contribution in [-0.2, 0) is 25.9 Å². The number of imidazole rings is 1. The monoisotopic (exact) mass is 495 g/mol. The maximum Gasteiger partial charge on any atom is 0.256 e. The van der Waals surface area contributed by atoms with Crippen LogP contribution in [0.15, 0.2) is 42.7 Å². The quantitative estimate of drug-likeness (QED) is 0.101. The highest BCUT2D eigenvalue weighted by Crippen LogP contribution is 2.14. The highest BCUT2D eigenvalue weighted by atomic mass is 15.1. The third kappa shape index (κ3) is 14.2. The number of aryl methyl sites for hydroxylation is 3. The minimum absolute atomic E-state index is 1.14. The van der Waals surface area contributed by atoms with E-state index in [4.69, 9.17) is 0 Å². The molecule has 2 nitrogen and oxygen atoms in total. The molecule has 0 amide bonds. The summed E-state index contributed by atoms with van der Waals surface area (Å²) in [6, 6.07) is 11.0. The van der Waals surface area contributed by atoms with Gasteiger partial charge in [-0.2, -0.15) is 0 Å². The van der Waals surface area contributed by atoms with Crippen molar-refractivity contribution < 1.29 is 4.57 Å². The molecule has 0 saturated carbocycles. The van der Waals surface area contributed by atoms with Crippen LogP contribution < -0.4 is 4.57 Å². The fraction of sp³-hybridized carbons (Fsp3) is 0.735. The van der Waals surface area contributed by atoms with Gasteiger partial charge >= 0.3 is 0 Å². The first-order valence-electron chi connectivity index (χ1n) is 16.0. The molecule has 2 rings (SSSR count). The topological polar surface area (TPSA) is 8.81 Å². The van der Waals surface area contributed by atoms with Gasteiger partial charge in [-0.05, 0) is 37.7 Å². The summed E-state index contributed by atoms with van der Waals surface area (Å²) in [7, 11) is 0. The van der Waals surface area contributed by atoms with Gasteiger partial charge in [0.15, 0.2) is 0 Å². The van der Waals surface area contributed by atoms with Crippen molar-refractivity contribution in [3.8, 4) is 0 Å². The zero-order chi connectivity index (χ0) is 25.5. The van der Waals surface area contributed by atoms with Crippen LogP contribution in [0.5, 0.6) is 0 Å². The Morgan fingerprint density at radius 1 is 0.556 bits per heavy atom. The molecule has 204 valence electrons. The number of benzene rings is 1. The average Bonchev–Trinajstić information content (AvgIpc) is 3.28. The van der Waals surface area contributed by atoms with Crippen LogP contribution in [-0.4, -0.2) is 4.57 Å². The molecule has 0 spiro atoms. The lowest BCUT2D eigenvalue weighted by molar-refractivity contribution is -0.704. The Hall–Kier alpha value is -1.57. The first-order chi connectivity index (χ1) is 17.8. The summed E-state index contributed by atoms with van der Waals surface area (Å²) in [4.78, 5) is 0. The molecule has 2 heteroatoms. The molecule has 0 radical (unpaired) electrons. The zero-order valence-corrected chi connectivity index (χ0v) is 24.2. The molecule has 0 unspecified atom stereocenters. The lowest BCUT2D eigenvalue weighted by Gasteiger charge is -2.07. The minimum Gasteiger partial charge on any atom is -0.234 e. The highest BCUT2D eigenvalue weighted by Gasteiger charge is 2.16. The number of rotatable bonds is 24. The SMILES string of the molecule is CCCCCCCCCCCCCCc1n(CCCCCCCC)cc[n+]1CCCc1ccccc1. The first-order valence-corrected chi connectivity index (χ1v) is 16.0. The minimum atomic E-state index is 1.14. The Labute approximate surface area is 224 Å². The van der Waals surface area contributed by atoms with Crippen molar-refractivity contribution in [2.45, 2.75) is 162 Å². The van der Waals surface area contributed by atoms with E-state index in [9.17, 15) is 0 Å². The molecule has 0 N–H and O–H groups in total. The third-order valence-electron chi connectivity index (χ3n) is 7.80. The molecule has 36 heavy (non-hydrogen) atoms. The second kappa shape index (κ2) is 21.5. The van der Waals surface area contributed by atoms with Crippen molar-refractivity contribution in [2.24, 2.45) is 0 Å². The second-order valence-electron chi connectivity index (χ2n) is 11.1. The molecule has 2 aromatic rings. The fourth-order valence-electron chi connectivity index (χ4n) is 5.48. The van der Waals surface area contributed by atoms with Crippen molar-refractivity contribution in [1.82, 2.24) is 4.57 Å². The molecule has 0 aliphatic heterocycles. The maximum absolute atomic E-state index is 2.58. The van der Waals surface area contributed by atoms with Gasteiger partial charge in [-0.1, -0.05) is 140 Å². The number of nitrogens with zero attached hydrogens (tertiary/aromatic N) is 2. The molecule has 1 aromatic heterocycles. The van der Waals surface area contributed by atoms with Crippen LogP contribution >= 0.6 is 0 Å². The summed E-state index contributed by atoms with van der Waals surface area (Å²) in [5.74, 6) is 1.57. The summed E-state index contributed by atoms with van der Waals surface area (Å²) >= 11 is 0. The van der Waals surface area contributed by atoms with Crippen molar-refractivity contribution >= 4 is 0 Å². The van der Waals surface area contributed by atoms with Gasteiger partial charge in [-0.3, -0.25) is 0 Å². The number of hydrogen-bond acceptors (Lipinski definition) is 0. The van der Waals surface area contributed by atoms with E-state index in [1.165, 1.54) is 147 Å². The molecule has 0 atom stereocenters. The Morgan fingerprint density at radius 3 is 1.67 bits per heavy atom. The summed E-state index contributed by atoms with van der Waals surface area (Å²) in [5, 5.41) is 0. The molecule has 0 bridgehead atoms. The zero-order valence-electron chi connectivity index (χ0n) is 24.2.